The number of piperidine rings is 1. The number of anilines is 3. The van der Waals surface area contributed by atoms with E-state index < -0.39 is 15.8 Å². The van der Waals surface area contributed by atoms with Crippen molar-refractivity contribution in [2.45, 2.75) is 32.2 Å². The fraction of sp³-hybridized carbons (Fsp3) is 0.333. The van der Waals surface area contributed by atoms with Gasteiger partial charge in [0.2, 0.25) is 10.0 Å². The molecule has 11 nitrogen and oxygen atoms in total. The molecule has 0 bridgehead atoms. The van der Waals surface area contributed by atoms with Crippen LogP contribution in [-0.4, -0.2) is 80.0 Å². The maximum Gasteiger partial charge on any atom is 0.211 e. The number of morpholine rings is 1. The van der Waals surface area contributed by atoms with Gasteiger partial charge in [-0.15, -0.1) is 0 Å². The summed E-state index contributed by atoms with van der Waals surface area (Å²) >= 11 is 0. The van der Waals surface area contributed by atoms with Crippen molar-refractivity contribution in [3.8, 4) is 17.2 Å². The highest BCUT2D eigenvalue weighted by Gasteiger charge is 2.29. The summed E-state index contributed by atoms with van der Waals surface area (Å²) in [5.41, 5.74) is 13.0. The van der Waals surface area contributed by atoms with Gasteiger partial charge in [-0.3, -0.25) is 4.79 Å². The van der Waals surface area contributed by atoms with Crippen LogP contribution in [0.15, 0.2) is 66.4 Å². The average molecular weight is 687 g/mol. The number of halogens is 1. The summed E-state index contributed by atoms with van der Waals surface area (Å²) in [6.07, 6.45) is 6.56. The highest BCUT2D eigenvalue weighted by Crippen LogP contribution is 2.38. The predicted molar refractivity (Wildman–Crippen MR) is 188 cm³/mol. The number of Topliss-reactive ketones (excluding diaryl/α,β-unsaturated/α-hetero) is 1. The fourth-order valence-electron chi connectivity index (χ4n) is 6.74. The van der Waals surface area contributed by atoms with E-state index in [9.17, 15) is 17.6 Å². The molecule has 4 aromatic rings. The number of hydrogen-bond acceptors (Lipinski definition) is 9. The van der Waals surface area contributed by atoms with E-state index >= 15 is 0 Å². The minimum absolute atomic E-state index is 0.125. The lowest BCUT2D eigenvalue weighted by atomic mass is 10.0. The Hall–Kier alpha value is -4.72. The normalized spacial score (nSPS) is 17.1. The molecule has 0 saturated carbocycles. The summed E-state index contributed by atoms with van der Waals surface area (Å²) in [5, 5.41) is 8.17. The number of carbonyl (C=O) groups excluding carboxylic acids is 1. The number of fused-ring (bicyclic) bond motifs is 1. The zero-order valence-electron chi connectivity index (χ0n) is 27.5. The van der Waals surface area contributed by atoms with E-state index in [1.807, 2.05) is 13.0 Å². The lowest BCUT2D eigenvalue weighted by Gasteiger charge is -2.35. The molecule has 2 fully saturated rings. The molecule has 3 aromatic carbocycles. The van der Waals surface area contributed by atoms with E-state index in [1.165, 1.54) is 27.5 Å². The number of nitrogen functional groups attached to an aromatic ring is 1. The quantitative estimate of drug-likeness (QED) is 0.229. The van der Waals surface area contributed by atoms with Gasteiger partial charge in [-0.25, -0.2) is 21.8 Å². The van der Waals surface area contributed by atoms with Crippen molar-refractivity contribution in [2.24, 2.45) is 0 Å². The van der Waals surface area contributed by atoms with Crippen LogP contribution in [0.2, 0.25) is 0 Å². The third-order valence-corrected chi connectivity index (χ3v) is 10.7. The average Bonchev–Trinajstić information content (AvgIpc) is 3.68. The molecule has 0 spiro atoms. The molecule has 1 aliphatic carbocycles. The van der Waals surface area contributed by atoms with Gasteiger partial charge in [-0.2, -0.15) is 5.10 Å². The van der Waals surface area contributed by atoms with Crippen molar-refractivity contribution in [2.75, 3.05) is 61.6 Å². The van der Waals surface area contributed by atoms with Crippen molar-refractivity contribution in [3.05, 3.63) is 94.4 Å². The molecule has 49 heavy (non-hydrogen) atoms. The molecule has 0 radical (unpaired) electrons. The molecule has 2 saturated heterocycles. The van der Waals surface area contributed by atoms with Crippen molar-refractivity contribution >= 4 is 39.1 Å². The first kappa shape index (κ1) is 32.8. The van der Waals surface area contributed by atoms with Crippen LogP contribution in [0, 0.1) is 12.7 Å². The van der Waals surface area contributed by atoms with Gasteiger partial charge in [-0.05, 0) is 85.0 Å². The number of allylic oxidation sites excluding steroid dienone is 1. The molecule has 0 amide bonds. The monoisotopic (exact) mass is 686 g/mol. The van der Waals surface area contributed by atoms with Gasteiger partial charge >= 0.3 is 0 Å². The van der Waals surface area contributed by atoms with E-state index in [1.54, 1.807) is 36.4 Å². The Labute approximate surface area is 285 Å². The highest BCUT2D eigenvalue weighted by molar-refractivity contribution is 7.88. The standard InChI is InChI=1S/C36H39FN6O5S/c1-23-17-28(48-34-6-4-3-5-30(34)37)7-8-32(23)43-36(38)29(22-39-43)35(44)26-18-24-20-31(40-27-9-11-42(12-10-27)49(2,45)46)33(21-25(24)19-26)41-13-15-47-16-14-41/h3-8,17,19-22,27,40H,9-16,18,38H2,1-2H3. The summed E-state index contributed by atoms with van der Waals surface area (Å²) in [7, 11) is -3.21. The summed E-state index contributed by atoms with van der Waals surface area (Å²) in [4.78, 5) is 16.2. The molecule has 7 rings (SSSR count). The number of sulfonamides is 1. The number of nitrogens with two attached hydrogens (primary N) is 1. The van der Waals surface area contributed by atoms with Gasteiger partial charge in [0.05, 0.1) is 48.3 Å². The van der Waals surface area contributed by atoms with Crippen LogP contribution >= 0.6 is 0 Å². The molecule has 0 atom stereocenters. The number of rotatable bonds is 9. The number of nitrogens with one attached hydrogen (secondary N) is 1. The van der Waals surface area contributed by atoms with Gasteiger partial charge in [0.25, 0.3) is 0 Å². The molecule has 0 unspecified atom stereocenters. The van der Waals surface area contributed by atoms with Gasteiger partial charge in [0.15, 0.2) is 17.3 Å². The van der Waals surface area contributed by atoms with Crippen LogP contribution in [0.4, 0.5) is 21.6 Å². The van der Waals surface area contributed by atoms with E-state index in [-0.39, 0.29) is 23.4 Å². The van der Waals surface area contributed by atoms with Gasteiger partial charge < -0.3 is 25.4 Å². The first-order valence-electron chi connectivity index (χ1n) is 16.4. The highest BCUT2D eigenvalue weighted by atomic mass is 32.2. The summed E-state index contributed by atoms with van der Waals surface area (Å²) in [6.45, 7) is 5.60. The van der Waals surface area contributed by atoms with Crippen LogP contribution < -0.4 is 20.7 Å². The van der Waals surface area contributed by atoms with Crippen LogP contribution in [0.1, 0.15) is 39.9 Å². The van der Waals surface area contributed by atoms with Gasteiger partial charge in [0.1, 0.15) is 11.6 Å². The maximum absolute atomic E-state index is 14.1. The molecule has 3 N–H and O–H groups in total. The topological polar surface area (TPSA) is 132 Å². The second-order valence-corrected chi connectivity index (χ2v) is 14.7. The molecule has 3 heterocycles. The molecule has 256 valence electrons. The zero-order chi connectivity index (χ0) is 34.3. The Morgan fingerprint density at radius 3 is 2.51 bits per heavy atom. The first-order chi connectivity index (χ1) is 23.5. The van der Waals surface area contributed by atoms with Crippen LogP contribution in [0.5, 0.6) is 11.5 Å². The number of aryl methyl sites for hydroxylation is 1. The van der Waals surface area contributed by atoms with E-state index in [4.69, 9.17) is 15.2 Å². The number of benzene rings is 3. The predicted octanol–water partition coefficient (Wildman–Crippen LogP) is 5.19. The third-order valence-electron chi connectivity index (χ3n) is 9.41. The summed E-state index contributed by atoms with van der Waals surface area (Å²) in [5.74, 6) is 0.176. The minimum Gasteiger partial charge on any atom is -0.454 e. The van der Waals surface area contributed by atoms with Gasteiger partial charge in [-0.1, -0.05) is 12.1 Å². The number of ether oxygens (including phenoxy) is 2. The molecule has 13 heteroatoms. The summed E-state index contributed by atoms with van der Waals surface area (Å²) < 4.78 is 52.6. The Morgan fingerprint density at radius 2 is 1.80 bits per heavy atom. The lowest BCUT2D eigenvalue weighted by molar-refractivity contribution is 0.103. The van der Waals surface area contributed by atoms with Crippen LogP contribution in [-0.2, 0) is 21.2 Å². The Balaban J connectivity index is 1.10. The SMILES string of the molecule is Cc1cc(Oc2ccccc2F)ccc1-n1ncc(C(=O)C2=Cc3cc(N4CCOCC4)c(NC4CCN(S(C)(=O)=O)CC4)cc3C2)c1N. The lowest BCUT2D eigenvalue weighted by Crippen LogP contribution is -2.42. The van der Waals surface area contributed by atoms with Crippen LogP contribution in [0.3, 0.4) is 0 Å². The van der Waals surface area contributed by atoms with E-state index in [0.717, 1.165) is 41.2 Å². The second-order valence-electron chi connectivity index (χ2n) is 12.8. The number of hydrogen-bond donors (Lipinski definition) is 2. The van der Waals surface area contributed by atoms with Crippen molar-refractivity contribution in [3.63, 3.8) is 0 Å². The number of carbonyl (C=O) groups is 1. The number of ketones is 1. The molecular weight excluding hydrogens is 647 g/mol. The maximum atomic E-state index is 14.1. The third kappa shape index (κ3) is 6.78. The molecule has 1 aromatic heterocycles. The Kier molecular flexibility index (Phi) is 8.90. The molecule has 2 aliphatic heterocycles. The van der Waals surface area contributed by atoms with Gasteiger partial charge in [0, 0.05) is 44.2 Å². The van der Waals surface area contributed by atoms with E-state index in [2.05, 4.69) is 27.4 Å². The smallest absolute Gasteiger partial charge is 0.211 e. The van der Waals surface area contributed by atoms with Crippen LogP contribution in [0.25, 0.3) is 11.8 Å². The van der Waals surface area contributed by atoms with E-state index in [0.29, 0.717) is 68.1 Å². The van der Waals surface area contributed by atoms with Crippen molar-refractivity contribution < 1.29 is 27.1 Å². The second kappa shape index (κ2) is 13.3. The first-order valence-corrected chi connectivity index (χ1v) is 18.2. The Bertz CT molecular complexity index is 2050. The number of para-hydroxylation sites is 1. The largest absolute Gasteiger partial charge is 0.454 e. The van der Waals surface area contributed by atoms with Crippen molar-refractivity contribution in [1.29, 1.82) is 0 Å². The minimum atomic E-state index is -3.21. The van der Waals surface area contributed by atoms with Crippen molar-refractivity contribution in [1.82, 2.24) is 14.1 Å². The number of aromatic nitrogens is 2. The zero-order valence-corrected chi connectivity index (χ0v) is 28.3. The molecule has 3 aliphatic rings. The Morgan fingerprint density at radius 1 is 1.04 bits per heavy atom. The fourth-order valence-corrected chi connectivity index (χ4v) is 7.62. The number of nitrogens with zero attached hydrogens (tertiary/aromatic N) is 4. The molecular formula is C36H39FN6O5S. The summed E-state index contributed by atoms with van der Waals surface area (Å²) in [6, 6.07) is 15.8.